The molecule has 2 aromatic rings. The van der Waals surface area contributed by atoms with Gasteiger partial charge in [0.05, 0.1) is 20.8 Å². The lowest BCUT2D eigenvalue weighted by Crippen LogP contribution is -2.43. The summed E-state index contributed by atoms with van der Waals surface area (Å²) in [6, 6.07) is 11.8. The number of methoxy groups -OCH3 is 2. The fraction of sp³-hybridized carbons (Fsp3) is 0.300. The molecule has 0 aromatic heterocycles. The Morgan fingerprint density at radius 2 is 1.78 bits per heavy atom. The lowest BCUT2D eigenvalue weighted by molar-refractivity contribution is -0.132. The van der Waals surface area contributed by atoms with Crippen molar-refractivity contribution < 1.29 is 19.1 Å². The third-order valence-corrected chi connectivity index (χ3v) is 5.09. The van der Waals surface area contributed by atoms with Gasteiger partial charge in [-0.05, 0) is 42.3 Å². The van der Waals surface area contributed by atoms with Crippen molar-refractivity contribution in [2.24, 2.45) is 0 Å². The third-order valence-electron chi connectivity index (χ3n) is 4.86. The lowest BCUT2D eigenvalue weighted by atomic mass is 9.87. The summed E-state index contributed by atoms with van der Waals surface area (Å²) >= 11 is 6.07. The van der Waals surface area contributed by atoms with Crippen LogP contribution < -0.4 is 14.8 Å². The number of benzene rings is 2. The van der Waals surface area contributed by atoms with Gasteiger partial charge in [0.15, 0.2) is 0 Å². The van der Waals surface area contributed by atoms with E-state index in [1.807, 2.05) is 6.92 Å². The monoisotopic (exact) mass is 388 g/mol. The van der Waals surface area contributed by atoms with Gasteiger partial charge in [0.25, 0.3) is 5.91 Å². The first-order valence-electron chi connectivity index (χ1n) is 8.56. The highest BCUT2D eigenvalue weighted by Crippen LogP contribution is 2.35. The zero-order valence-electron chi connectivity index (χ0n) is 15.4. The first-order valence-corrected chi connectivity index (χ1v) is 8.94. The van der Waals surface area contributed by atoms with Crippen LogP contribution in [0.1, 0.15) is 24.5 Å². The van der Waals surface area contributed by atoms with Crippen molar-refractivity contribution in [1.29, 1.82) is 0 Å². The predicted octanol–water partition coefficient (Wildman–Crippen LogP) is 3.71. The van der Waals surface area contributed by atoms with Crippen molar-refractivity contribution >= 4 is 23.5 Å². The summed E-state index contributed by atoms with van der Waals surface area (Å²) in [6.07, 6.45) is 0.424. The van der Waals surface area contributed by atoms with Crippen LogP contribution in [0.5, 0.6) is 11.5 Å². The molecule has 1 aliphatic heterocycles. The molecule has 3 amide bonds. The fourth-order valence-electron chi connectivity index (χ4n) is 3.33. The second kappa shape index (κ2) is 7.48. The summed E-state index contributed by atoms with van der Waals surface area (Å²) in [5.74, 6) is 0.947. The number of rotatable bonds is 6. The fourth-order valence-corrected chi connectivity index (χ4v) is 3.52. The van der Waals surface area contributed by atoms with E-state index in [1.165, 1.54) is 12.0 Å². The number of ether oxygens (including phenoxy) is 2. The van der Waals surface area contributed by atoms with E-state index in [9.17, 15) is 9.59 Å². The number of hydrogen-bond acceptors (Lipinski definition) is 4. The number of nitrogens with one attached hydrogen (secondary N) is 1. The second-order valence-corrected chi connectivity index (χ2v) is 6.70. The van der Waals surface area contributed by atoms with E-state index < -0.39 is 11.6 Å². The molecule has 0 aliphatic carbocycles. The minimum absolute atomic E-state index is 0.0757. The van der Waals surface area contributed by atoms with Crippen LogP contribution in [0.15, 0.2) is 42.5 Å². The van der Waals surface area contributed by atoms with Gasteiger partial charge in [-0.1, -0.05) is 30.7 Å². The zero-order valence-corrected chi connectivity index (χ0v) is 16.2. The Morgan fingerprint density at radius 1 is 1.07 bits per heavy atom. The molecule has 142 valence electrons. The van der Waals surface area contributed by atoms with Gasteiger partial charge in [-0.3, -0.25) is 9.69 Å². The largest absolute Gasteiger partial charge is 0.497 e. The van der Waals surface area contributed by atoms with Gasteiger partial charge in [-0.15, -0.1) is 0 Å². The van der Waals surface area contributed by atoms with Crippen LogP contribution >= 0.6 is 11.6 Å². The van der Waals surface area contributed by atoms with E-state index in [0.717, 1.165) is 0 Å². The van der Waals surface area contributed by atoms with Crippen molar-refractivity contribution in [3.63, 3.8) is 0 Å². The molecular formula is C20H21ClN2O4. The molecule has 1 atom stereocenters. The second-order valence-electron chi connectivity index (χ2n) is 6.27. The van der Waals surface area contributed by atoms with Gasteiger partial charge in [-0.25, -0.2) is 4.79 Å². The Morgan fingerprint density at radius 3 is 2.37 bits per heavy atom. The summed E-state index contributed by atoms with van der Waals surface area (Å²) in [4.78, 5) is 27.1. The van der Waals surface area contributed by atoms with Crippen molar-refractivity contribution in [2.45, 2.75) is 25.4 Å². The SMILES string of the molecule is CC[C@@]1(c2ccc(OC)cc2)NC(=O)N(Cc2cc(Cl)ccc2OC)C1=O. The van der Waals surface area contributed by atoms with Crippen LogP contribution in [0.25, 0.3) is 0 Å². The van der Waals surface area contributed by atoms with E-state index in [2.05, 4.69) is 5.32 Å². The molecule has 1 aliphatic rings. The molecule has 0 bridgehead atoms. The zero-order chi connectivity index (χ0) is 19.6. The molecule has 0 unspecified atom stereocenters. The van der Waals surface area contributed by atoms with E-state index in [0.29, 0.717) is 34.1 Å². The topological polar surface area (TPSA) is 67.9 Å². The maximum atomic E-state index is 13.3. The lowest BCUT2D eigenvalue weighted by Gasteiger charge is -2.26. The molecular weight excluding hydrogens is 368 g/mol. The number of hydrogen-bond donors (Lipinski definition) is 1. The van der Waals surface area contributed by atoms with Crippen LogP contribution in [0.4, 0.5) is 4.79 Å². The molecule has 27 heavy (non-hydrogen) atoms. The first kappa shape index (κ1) is 19.0. The Balaban J connectivity index is 1.94. The number of imide groups is 1. The Kier molecular flexibility index (Phi) is 5.28. The minimum Gasteiger partial charge on any atom is -0.497 e. The van der Waals surface area contributed by atoms with Crippen LogP contribution in [0, 0.1) is 0 Å². The van der Waals surface area contributed by atoms with E-state index in [1.54, 1.807) is 49.6 Å². The van der Waals surface area contributed by atoms with E-state index >= 15 is 0 Å². The molecule has 2 aromatic carbocycles. The molecule has 7 heteroatoms. The normalized spacial score (nSPS) is 19.2. The smallest absolute Gasteiger partial charge is 0.325 e. The van der Waals surface area contributed by atoms with Gasteiger partial charge < -0.3 is 14.8 Å². The molecule has 1 fully saturated rings. The minimum atomic E-state index is -1.10. The standard InChI is InChI=1S/C20H21ClN2O4/c1-4-20(14-5-8-16(26-2)9-6-14)18(24)23(19(25)22-20)12-13-11-15(21)7-10-17(13)27-3/h5-11H,4,12H2,1-3H3,(H,22,25)/t20-/m0/s1. The van der Waals surface area contributed by atoms with Crippen molar-refractivity contribution in [3.8, 4) is 11.5 Å². The van der Waals surface area contributed by atoms with Crippen LogP contribution in [-0.4, -0.2) is 31.1 Å². The third kappa shape index (κ3) is 3.32. The number of nitrogens with zero attached hydrogens (tertiary/aromatic N) is 1. The van der Waals surface area contributed by atoms with Crippen molar-refractivity contribution in [1.82, 2.24) is 10.2 Å². The molecule has 1 saturated heterocycles. The highest BCUT2D eigenvalue weighted by atomic mass is 35.5. The number of halogens is 1. The molecule has 0 spiro atoms. The molecule has 1 heterocycles. The van der Waals surface area contributed by atoms with E-state index in [4.69, 9.17) is 21.1 Å². The maximum absolute atomic E-state index is 13.3. The summed E-state index contributed by atoms with van der Waals surface area (Å²) in [6.45, 7) is 1.94. The van der Waals surface area contributed by atoms with E-state index in [-0.39, 0.29) is 12.5 Å². The summed E-state index contributed by atoms with van der Waals surface area (Å²) in [5, 5.41) is 3.37. The molecule has 0 saturated carbocycles. The average Bonchev–Trinajstić information content (AvgIpc) is 2.93. The average molecular weight is 389 g/mol. The van der Waals surface area contributed by atoms with Gasteiger partial charge in [0.2, 0.25) is 0 Å². The maximum Gasteiger partial charge on any atom is 0.325 e. The first-order chi connectivity index (χ1) is 12.9. The van der Waals surface area contributed by atoms with Crippen molar-refractivity contribution in [3.05, 3.63) is 58.6 Å². The molecule has 6 nitrogen and oxygen atoms in total. The highest BCUT2D eigenvalue weighted by molar-refractivity contribution is 6.30. The Bertz CT molecular complexity index is 869. The summed E-state index contributed by atoms with van der Waals surface area (Å²) < 4.78 is 10.5. The molecule has 3 rings (SSSR count). The summed E-state index contributed by atoms with van der Waals surface area (Å²) in [7, 11) is 3.11. The van der Waals surface area contributed by atoms with Crippen molar-refractivity contribution in [2.75, 3.05) is 14.2 Å². The predicted molar refractivity (Wildman–Crippen MR) is 102 cm³/mol. The van der Waals surface area contributed by atoms with Gasteiger partial charge in [0, 0.05) is 10.6 Å². The Labute approximate surface area is 163 Å². The highest BCUT2D eigenvalue weighted by Gasteiger charge is 2.51. The van der Waals surface area contributed by atoms with Crippen LogP contribution in [0.2, 0.25) is 5.02 Å². The number of carbonyl (C=O) groups is 2. The number of amides is 3. The Hall–Kier alpha value is -2.73. The van der Waals surface area contributed by atoms with Crippen LogP contribution in [0.3, 0.4) is 0 Å². The molecule has 0 radical (unpaired) electrons. The number of urea groups is 1. The van der Waals surface area contributed by atoms with Gasteiger partial charge >= 0.3 is 6.03 Å². The van der Waals surface area contributed by atoms with Gasteiger partial charge in [-0.2, -0.15) is 0 Å². The summed E-state index contributed by atoms with van der Waals surface area (Å²) in [5.41, 5.74) is 0.273. The molecule has 1 N–H and O–H groups in total. The van der Waals surface area contributed by atoms with Gasteiger partial charge in [0.1, 0.15) is 17.0 Å². The van der Waals surface area contributed by atoms with Crippen LogP contribution in [-0.2, 0) is 16.9 Å². The number of carbonyl (C=O) groups excluding carboxylic acids is 2. The quantitative estimate of drug-likeness (QED) is 0.766.